The Morgan fingerprint density at radius 3 is 2.33 bits per heavy atom. The van der Waals surface area contributed by atoms with Crippen LogP contribution in [0.3, 0.4) is 0 Å². The maximum absolute atomic E-state index is 11.0. The van der Waals surface area contributed by atoms with Crippen LogP contribution in [0.4, 0.5) is 17.1 Å². The first-order chi connectivity index (χ1) is 9.99. The van der Waals surface area contributed by atoms with Crippen LogP contribution in [0.2, 0.25) is 0 Å². The Morgan fingerprint density at radius 2 is 1.67 bits per heavy atom. The molecule has 1 N–H and O–H groups in total. The van der Waals surface area contributed by atoms with Crippen LogP contribution in [0, 0.1) is 20.2 Å². The molecule has 7 nitrogen and oxygen atoms in total. The van der Waals surface area contributed by atoms with Gasteiger partial charge in [-0.15, -0.1) is 0 Å². The van der Waals surface area contributed by atoms with Gasteiger partial charge >= 0.3 is 0 Å². The number of halogens is 1. The standard InChI is InChI=1S/C13H10BrN3O4/c14-10-5-6-12(16(18)19)9(7-10)8-15-11-3-1-2-4-13(11)17(20)21/h1-7,15H,8H2. The number of nitro benzene ring substituents is 2. The van der Waals surface area contributed by atoms with Crippen LogP contribution in [0.5, 0.6) is 0 Å². The van der Waals surface area contributed by atoms with E-state index in [0.717, 1.165) is 0 Å². The lowest BCUT2D eigenvalue weighted by Crippen LogP contribution is -2.05. The Morgan fingerprint density at radius 1 is 1.00 bits per heavy atom. The Hall–Kier alpha value is -2.48. The molecule has 108 valence electrons. The van der Waals surface area contributed by atoms with E-state index in [1.807, 2.05) is 0 Å². The van der Waals surface area contributed by atoms with Crippen molar-refractivity contribution in [2.75, 3.05) is 5.32 Å². The van der Waals surface area contributed by atoms with E-state index in [9.17, 15) is 20.2 Å². The third-order valence-corrected chi connectivity index (χ3v) is 3.30. The fourth-order valence-corrected chi connectivity index (χ4v) is 2.26. The first-order valence-corrected chi connectivity index (χ1v) is 6.68. The average Bonchev–Trinajstić information content (AvgIpc) is 2.45. The molecule has 0 bridgehead atoms. The summed E-state index contributed by atoms with van der Waals surface area (Å²) in [6, 6.07) is 10.7. The van der Waals surface area contributed by atoms with E-state index >= 15 is 0 Å². The number of nitrogens with one attached hydrogen (secondary N) is 1. The Kier molecular flexibility index (Phi) is 4.49. The molecule has 8 heteroatoms. The van der Waals surface area contributed by atoms with Crippen molar-refractivity contribution in [3.8, 4) is 0 Å². The number of benzene rings is 2. The molecule has 0 aromatic heterocycles. The van der Waals surface area contributed by atoms with Crippen molar-refractivity contribution in [1.82, 2.24) is 0 Å². The van der Waals surface area contributed by atoms with Crippen molar-refractivity contribution < 1.29 is 9.85 Å². The van der Waals surface area contributed by atoms with E-state index in [1.54, 1.807) is 30.3 Å². The number of hydrogen-bond donors (Lipinski definition) is 1. The van der Waals surface area contributed by atoms with Gasteiger partial charge in [0.15, 0.2) is 0 Å². The van der Waals surface area contributed by atoms with Gasteiger partial charge in [-0.3, -0.25) is 20.2 Å². The van der Waals surface area contributed by atoms with Gasteiger partial charge in [0.05, 0.1) is 9.85 Å². The molecule has 21 heavy (non-hydrogen) atoms. The maximum Gasteiger partial charge on any atom is 0.292 e. The molecule has 0 radical (unpaired) electrons. The molecule has 0 aliphatic heterocycles. The van der Waals surface area contributed by atoms with E-state index in [2.05, 4.69) is 21.2 Å². The number of rotatable bonds is 5. The SMILES string of the molecule is O=[N+]([O-])c1ccc(Br)cc1CNc1ccccc1[N+](=O)[O-]. The lowest BCUT2D eigenvalue weighted by atomic mass is 10.1. The minimum absolute atomic E-state index is 0.0377. The average molecular weight is 352 g/mol. The molecule has 0 atom stereocenters. The highest BCUT2D eigenvalue weighted by molar-refractivity contribution is 9.10. The van der Waals surface area contributed by atoms with Gasteiger partial charge in [-0.25, -0.2) is 0 Å². The van der Waals surface area contributed by atoms with Crippen molar-refractivity contribution in [3.63, 3.8) is 0 Å². The smallest absolute Gasteiger partial charge is 0.292 e. The highest BCUT2D eigenvalue weighted by Crippen LogP contribution is 2.27. The van der Waals surface area contributed by atoms with Gasteiger partial charge < -0.3 is 5.32 Å². The highest BCUT2D eigenvalue weighted by Gasteiger charge is 2.16. The number of para-hydroxylation sites is 2. The quantitative estimate of drug-likeness (QED) is 0.650. The van der Waals surface area contributed by atoms with Crippen LogP contribution in [0.15, 0.2) is 46.9 Å². The third kappa shape index (κ3) is 3.54. The molecule has 0 saturated carbocycles. The minimum Gasteiger partial charge on any atom is -0.375 e. The summed E-state index contributed by atoms with van der Waals surface area (Å²) in [6.07, 6.45) is 0. The molecular weight excluding hydrogens is 342 g/mol. The summed E-state index contributed by atoms with van der Waals surface area (Å²) < 4.78 is 0.701. The molecular formula is C13H10BrN3O4. The Balaban J connectivity index is 2.27. The molecule has 0 unspecified atom stereocenters. The highest BCUT2D eigenvalue weighted by atomic mass is 79.9. The molecule has 0 heterocycles. The topological polar surface area (TPSA) is 98.3 Å². The number of hydrogen-bond acceptors (Lipinski definition) is 5. The monoisotopic (exact) mass is 351 g/mol. The lowest BCUT2D eigenvalue weighted by molar-refractivity contribution is -0.385. The third-order valence-electron chi connectivity index (χ3n) is 2.81. The summed E-state index contributed by atoms with van der Waals surface area (Å²) in [5.41, 5.74) is 0.642. The van der Waals surface area contributed by atoms with Crippen molar-refractivity contribution >= 4 is 33.0 Å². The van der Waals surface area contributed by atoms with Crippen molar-refractivity contribution in [1.29, 1.82) is 0 Å². The van der Waals surface area contributed by atoms with Crippen molar-refractivity contribution in [2.24, 2.45) is 0 Å². The van der Waals surface area contributed by atoms with Gasteiger partial charge in [0, 0.05) is 28.7 Å². The molecule has 0 aliphatic rings. The van der Waals surface area contributed by atoms with Crippen LogP contribution in [0.25, 0.3) is 0 Å². The van der Waals surface area contributed by atoms with E-state index in [-0.39, 0.29) is 17.9 Å². The molecule has 2 aromatic carbocycles. The van der Waals surface area contributed by atoms with Gasteiger partial charge in [0.1, 0.15) is 5.69 Å². The number of anilines is 1. The van der Waals surface area contributed by atoms with E-state index in [0.29, 0.717) is 15.7 Å². The van der Waals surface area contributed by atoms with E-state index < -0.39 is 9.85 Å². The number of nitrogens with zero attached hydrogens (tertiary/aromatic N) is 2. The lowest BCUT2D eigenvalue weighted by Gasteiger charge is -2.08. The van der Waals surface area contributed by atoms with Crippen LogP contribution in [0.1, 0.15) is 5.56 Å². The second-order valence-electron chi connectivity index (χ2n) is 4.16. The minimum atomic E-state index is -0.502. The summed E-state index contributed by atoms with van der Waals surface area (Å²) in [5.74, 6) is 0. The summed E-state index contributed by atoms with van der Waals surface area (Å²) in [4.78, 5) is 20.9. The first-order valence-electron chi connectivity index (χ1n) is 5.89. The molecule has 0 amide bonds. The van der Waals surface area contributed by atoms with E-state index in [4.69, 9.17) is 0 Å². The van der Waals surface area contributed by atoms with Crippen molar-refractivity contribution in [3.05, 3.63) is 72.7 Å². The zero-order chi connectivity index (χ0) is 15.4. The number of nitro groups is 2. The first kappa shape index (κ1) is 14.9. The largest absolute Gasteiger partial charge is 0.375 e. The molecule has 2 aromatic rings. The molecule has 2 rings (SSSR count). The predicted octanol–water partition coefficient (Wildman–Crippen LogP) is 3.88. The second kappa shape index (κ2) is 6.31. The summed E-state index contributed by atoms with van der Waals surface area (Å²) in [5, 5.41) is 24.8. The Labute approximate surface area is 128 Å². The van der Waals surface area contributed by atoms with Gasteiger partial charge in [-0.2, -0.15) is 0 Å². The molecule has 0 aliphatic carbocycles. The van der Waals surface area contributed by atoms with Gasteiger partial charge in [0.25, 0.3) is 11.4 Å². The molecule has 0 spiro atoms. The van der Waals surface area contributed by atoms with Crippen LogP contribution in [-0.2, 0) is 6.54 Å². The zero-order valence-electron chi connectivity index (χ0n) is 10.7. The second-order valence-corrected chi connectivity index (χ2v) is 5.07. The van der Waals surface area contributed by atoms with Crippen LogP contribution in [-0.4, -0.2) is 9.85 Å². The fraction of sp³-hybridized carbons (Fsp3) is 0.0769. The van der Waals surface area contributed by atoms with Gasteiger partial charge in [-0.05, 0) is 18.2 Å². The van der Waals surface area contributed by atoms with Crippen LogP contribution >= 0.6 is 15.9 Å². The van der Waals surface area contributed by atoms with Gasteiger partial charge in [-0.1, -0.05) is 28.1 Å². The molecule has 0 fully saturated rings. The van der Waals surface area contributed by atoms with Crippen LogP contribution < -0.4 is 5.32 Å². The fourth-order valence-electron chi connectivity index (χ4n) is 1.85. The summed E-state index contributed by atoms with van der Waals surface area (Å²) >= 11 is 3.25. The van der Waals surface area contributed by atoms with Gasteiger partial charge in [0.2, 0.25) is 0 Å². The van der Waals surface area contributed by atoms with E-state index in [1.165, 1.54) is 12.1 Å². The summed E-state index contributed by atoms with van der Waals surface area (Å²) in [7, 11) is 0. The zero-order valence-corrected chi connectivity index (χ0v) is 12.2. The Bertz CT molecular complexity index is 706. The summed E-state index contributed by atoms with van der Waals surface area (Å²) in [6.45, 7) is 0.112. The van der Waals surface area contributed by atoms with Crippen molar-refractivity contribution in [2.45, 2.75) is 6.54 Å². The normalized spacial score (nSPS) is 10.1. The molecule has 0 saturated heterocycles. The maximum atomic E-state index is 11.0. The predicted molar refractivity (Wildman–Crippen MR) is 81.2 cm³/mol.